The fourth-order valence-corrected chi connectivity index (χ4v) is 15.0. The van der Waals surface area contributed by atoms with Crippen molar-refractivity contribution in [1.82, 2.24) is 35.3 Å². The van der Waals surface area contributed by atoms with Crippen molar-refractivity contribution >= 4 is 135 Å². The van der Waals surface area contributed by atoms with E-state index in [1.165, 1.54) is 88.6 Å². The van der Waals surface area contributed by atoms with Gasteiger partial charge in [-0.3, -0.25) is 33.9 Å². The first-order valence-electron chi connectivity index (χ1n) is 36.4. The Morgan fingerprint density at radius 2 is 0.736 bits per heavy atom. The fraction of sp³-hybridized carbons (Fsp3) is 0.390. The molecule has 5 fully saturated rings. The number of phenols is 1. The number of aryl methyl sites for hydroxylation is 2. The van der Waals surface area contributed by atoms with Crippen LogP contribution >= 0.6 is 12.4 Å². The zero-order chi connectivity index (χ0) is 73.2. The molecule has 3 aliphatic heterocycles. The number of fused-ring (bicyclic) bond motifs is 12. The van der Waals surface area contributed by atoms with Gasteiger partial charge in [0, 0.05) is 32.5 Å². The molecule has 0 bridgehead atoms. The van der Waals surface area contributed by atoms with Gasteiger partial charge in [-0.25, -0.2) is 0 Å². The van der Waals surface area contributed by atoms with Crippen molar-refractivity contribution in [3.8, 4) is 23.0 Å². The van der Waals surface area contributed by atoms with Gasteiger partial charge < -0.3 is 37.4 Å². The second-order valence-corrected chi connectivity index (χ2v) is 27.1. The lowest BCUT2D eigenvalue weighted by atomic mass is 9.83. The van der Waals surface area contributed by atoms with Gasteiger partial charge in [0.1, 0.15) is 77.3 Å². The van der Waals surface area contributed by atoms with Gasteiger partial charge in [0.05, 0.1) is 57.6 Å². The number of halogens is 1. The number of likely N-dealkylation sites (tertiary alicyclic amines) is 3. The molecular weight excluding hydrogens is 1370 g/mol. The molecule has 2 aliphatic carbocycles. The topological polar surface area (TPSA) is 298 Å². The Morgan fingerprint density at radius 1 is 0.425 bits per heavy atom. The SMILES string of the molecule is CCCc1noc2ccc3cc(O)ccc3c12.CCCc1noc2ccc3cc(OCCN4CCCC4)ccc3c12.Cl.O=C1CCC(c2noc3ccc4cc(OCCN5CCCC5)ccc4c23)C(=O)C1.O=C1CCC(c2noc3ccc4cc(OCCN5CCCC5)ccc4c23)C(=O)C1.O=C=O.O=C=O. The summed E-state index contributed by atoms with van der Waals surface area (Å²) in [5, 5.41) is 38.8. The highest BCUT2D eigenvalue weighted by atomic mass is 35.5. The average Bonchev–Trinajstić information content (AvgIpc) is 1.58. The summed E-state index contributed by atoms with van der Waals surface area (Å²) in [7, 11) is 0. The number of Topliss-reactive ketones (excluding diaryl/α,β-unsaturated/α-hetero) is 4. The molecular formula is C82H86ClN7O16. The smallest absolute Gasteiger partial charge is 0.373 e. The number of nitrogens with zero attached hydrogens (tertiary/aromatic N) is 7. The van der Waals surface area contributed by atoms with E-state index in [0.717, 1.165) is 146 Å². The quantitative estimate of drug-likeness (QED) is 0.0780. The van der Waals surface area contributed by atoms with E-state index in [1.807, 2.05) is 84.9 Å². The van der Waals surface area contributed by atoms with E-state index < -0.39 is 0 Å². The monoisotopic (exact) mass is 1460 g/mol. The zero-order valence-corrected chi connectivity index (χ0v) is 60.4. The number of aromatic hydroxyl groups is 1. The molecule has 24 heteroatoms. The minimum Gasteiger partial charge on any atom is -0.508 e. The average molecular weight is 1460 g/mol. The van der Waals surface area contributed by atoms with E-state index in [0.29, 0.717) is 61.5 Å². The molecule has 3 saturated heterocycles. The maximum atomic E-state index is 12.4. The fourth-order valence-electron chi connectivity index (χ4n) is 15.0. The highest BCUT2D eigenvalue weighted by Crippen LogP contribution is 2.41. The van der Waals surface area contributed by atoms with Crippen molar-refractivity contribution in [2.45, 2.75) is 128 Å². The van der Waals surface area contributed by atoms with E-state index in [1.54, 1.807) is 12.1 Å². The van der Waals surface area contributed by atoms with Crippen LogP contribution in [0.4, 0.5) is 0 Å². The second kappa shape index (κ2) is 37.0. The standard InChI is InChI=1S/2C23H24N2O4.C20H24N2O2.C14H13NO2.2CO2.ClH/c2*26-16-4-6-19(20(27)14-16)23-22-18-7-5-17(28-12-11-25-9-1-2-10-25)13-15(18)3-8-21(22)29-24-23;1-2-5-18-20-17-8-7-16(23-13-12-22-10-3-4-11-22)14-15(17)6-9-19(20)24-21-18;1-2-3-12-14-11-6-5-10(16)8-9(11)4-7-13(14)17-15-12;2*2-1-3;/h2*3,5,7-8,13,19H,1-2,4,6,9-12,14H2;6-9,14H,2-5,10-13H2,1H3;4-8,16H,2-3H2,1H3;;;1H. The van der Waals surface area contributed by atoms with E-state index in [4.69, 9.17) is 51.5 Å². The van der Waals surface area contributed by atoms with Gasteiger partial charge in [-0.1, -0.05) is 71.6 Å². The maximum absolute atomic E-state index is 12.4. The van der Waals surface area contributed by atoms with Crippen LogP contribution in [-0.4, -0.2) is 155 Å². The third kappa shape index (κ3) is 18.4. The summed E-state index contributed by atoms with van der Waals surface area (Å²) in [5.74, 6) is 2.08. The molecule has 0 amide bonds. The third-order valence-electron chi connectivity index (χ3n) is 20.1. The molecule has 17 rings (SSSR count). The molecule has 5 aliphatic rings. The second-order valence-electron chi connectivity index (χ2n) is 27.1. The lowest BCUT2D eigenvalue weighted by molar-refractivity contribution is -0.193. The van der Waals surface area contributed by atoms with E-state index in [-0.39, 0.29) is 78.3 Å². The molecule has 2 atom stereocenters. The van der Waals surface area contributed by atoms with Crippen molar-refractivity contribution < 1.29 is 75.8 Å². The number of ether oxygens (including phenoxy) is 3. The van der Waals surface area contributed by atoms with Crippen LogP contribution in [0.25, 0.3) is 87.0 Å². The number of carbonyl (C=O) groups excluding carboxylic acids is 8. The Kier molecular flexibility index (Phi) is 26.7. The van der Waals surface area contributed by atoms with Crippen molar-refractivity contribution in [1.29, 1.82) is 0 Å². The number of hydrogen-bond donors (Lipinski definition) is 1. The lowest BCUT2D eigenvalue weighted by Gasteiger charge is -2.18. The minimum atomic E-state index is -0.365. The summed E-state index contributed by atoms with van der Waals surface area (Å²) in [4.78, 5) is 87.9. The van der Waals surface area contributed by atoms with Crippen LogP contribution in [0.1, 0.15) is 138 Å². The number of hydrogen-bond acceptors (Lipinski definition) is 23. The van der Waals surface area contributed by atoms with E-state index in [2.05, 4.69) is 73.4 Å². The molecule has 2 saturated carbocycles. The Hall–Kier alpha value is -10.5. The third-order valence-corrected chi connectivity index (χ3v) is 20.1. The highest BCUT2D eigenvalue weighted by molar-refractivity contribution is 6.13. The summed E-state index contributed by atoms with van der Waals surface area (Å²) >= 11 is 0. The number of carbonyl (C=O) groups is 4. The molecule has 106 heavy (non-hydrogen) atoms. The van der Waals surface area contributed by atoms with Gasteiger partial charge in [0.15, 0.2) is 22.3 Å². The summed E-state index contributed by atoms with van der Waals surface area (Å²) in [6.45, 7) is 16.4. The molecule has 12 aromatic rings. The number of ketones is 4. The number of benzene rings is 8. The van der Waals surface area contributed by atoms with Gasteiger partial charge in [0.2, 0.25) is 0 Å². The first-order valence-corrected chi connectivity index (χ1v) is 36.4. The van der Waals surface area contributed by atoms with Crippen LogP contribution in [-0.2, 0) is 51.2 Å². The number of rotatable bonds is 18. The van der Waals surface area contributed by atoms with Crippen LogP contribution in [0.15, 0.2) is 139 Å². The van der Waals surface area contributed by atoms with Gasteiger partial charge in [0.25, 0.3) is 0 Å². The molecule has 4 aromatic heterocycles. The van der Waals surface area contributed by atoms with Gasteiger partial charge in [-0.15, -0.1) is 12.4 Å². The Morgan fingerprint density at radius 3 is 1.08 bits per heavy atom. The molecule has 0 spiro atoms. The molecule has 23 nitrogen and oxygen atoms in total. The van der Waals surface area contributed by atoms with Crippen molar-refractivity contribution in [2.24, 2.45) is 0 Å². The Labute approximate surface area is 617 Å². The number of phenolic OH excluding ortho intramolecular Hbond substituents is 1. The molecule has 0 radical (unpaired) electrons. The summed E-state index contributed by atoms with van der Waals surface area (Å²) in [6.07, 6.45) is 14.1. The van der Waals surface area contributed by atoms with Crippen LogP contribution in [0.3, 0.4) is 0 Å². The normalized spacial score (nSPS) is 16.8. The minimum absolute atomic E-state index is 0. The summed E-state index contributed by atoms with van der Waals surface area (Å²) in [6, 6.07) is 39.4. The van der Waals surface area contributed by atoms with Crippen LogP contribution in [0.2, 0.25) is 0 Å². The predicted molar refractivity (Wildman–Crippen MR) is 400 cm³/mol. The van der Waals surface area contributed by atoms with E-state index in [9.17, 15) is 24.3 Å². The van der Waals surface area contributed by atoms with Crippen LogP contribution < -0.4 is 14.2 Å². The summed E-state index contributed by atoms with van der Waals surface area (Å²) < 4.78 is 39.7. The zero-order valence-electron chi connectivity index (χ0n) is 59.6. The van der Waals surface area contributed by atoms with Crippen molar-refractivity contribution in [3.63, 3.8) is 0 Å². The highest BCUT2D eigenvalue weighted by Gasteiger charge is 2.34. The first kappa shape index (κ1) is 76.6. The summed E-state index contributed by atoms with van der Waals surface area (Å²) in [5.41, 5.74) is 6.39. The molecule has 8 aromatic carbocycles. The van der Waals surface area contributed by atoms with Crippen LogP contribution in [0.5, 0.6) is 23.0 Å². The van der Waals surface area contributed by atoms with Crippen LogP contribution in [0, 0.1) is 0 Å². The predicted octanol–water partition coefficient (Wildman–Crippen LogP) is 15.0. The molecule has 552 valence electrons. The molecule has 7 heterocycles. The Balaban J connectivity index is 0.000000139. The lowest BCUT2D eigenvalue weighted by Crippen LogP contribution is -2.25. The van der Waals surface area contributed by atoms with E-state index >= 15 is 0 Å². The largest absolute Gasteiger partial charge is 0.508 e. The first-order chi connectivity index (χ1) is 51.3. The Bertz CT molecular complexity index is 4940. The van der Waals surface area contributed by atoms with Gasteiger partial charge >= 0.3 is 12.3 Å². The number of aromatic nitrogens is 4. The molecule has 2 unspecified atom stereocenters. The maximum Gasteiger partial charge on any atom is 0.373 e. The van der Waals surface area contributed by atoms with Crippen molar-refractivity contribution in [3.05, 3.63) is 144 Å². The van der Waals surface area contributed by atoms with Gasteiger partial charge in [-0.2, -0.15) is 19.2 Å². The van der Waals surface area contributed by atoms with Crippen molar-refractivity contribution in [2.75, 3.05) is 78.7 Å². The molecule has 1 N–H and O–H groups in total. The van der Waals surface area contributed by atoms with Gasteiger partial charge in [-0.05, 0) is 244 Å².